The number of piperazine rings is 1. The van der Waals surface area contributed by atoms with Crippen molar-refractivity contribution < 1.29 is 13.2 Å². The molecule has 22 heavy (non-hydrogen) atoms. The van der Waals surface area contributed by atoms with Gasteiger partial charge in [0.1, 0.15) is 5.75 Å². The van der Waals surface area contributed by atoms with Crippen LogP contribution in [-0.2, 0) is 14.8 Å². The van der Waals surface area contributed by atoms with Crippen LogP contribution in [0.3, 0.4) is 0 Å². The standard InChI is InChI=1S/C14H27N3O3S.ClH/c1-11-3-5-13(6-4-11)16-21(19,20)10-14(18)17-8-7-15-9-12(17)2;/h11-13,15-16H,3-10H2,1-2H3;1H/t11?,12-,13?;/m1./s1. The molecule has 2 rings (SSSR count). The van der Waals surface area contributed by atoms with Crippen LogP contribution < -0.4 is 10.0 Å². The molecule has 0 spiro atoms. The van der Waals surface area contributed by atoms with Crippen LogP contribution in [0.1, 0.15) is 39.5 Å². The van der Waals surface area contributed by atoms with Gasteiger partial charge in [-0.1, -0.05) is 6.92 Å². The fourth-order valence-corrected chi connectivity index (χ4v) is 4.45. The molecule has 2 N–H and O–H groups in total. The lowest BCUT2D eigenvalue weighted by Gasteiger charge is -2.34. The molecule has 0 bridgehead atoms. The minimum Gasteiger partial charge on any atom is -0.337 e. The Morgan fingerprint density at radius 1 is 1.23 bits per heavy atom. The van der Waals surface area contributed by atoms with Gasteiger partial charge in [0.2, 0.25) is 15.9 Å². The molecule has 2 aliphatic rings. The molecule has 2 fully saturated rings. The Bertz CT molecular complexity index is 464. The predicted octanol–water partition coefficient (Wildman–Crippen LogP) is 0.727. The molecule has 0 aromatic heterocycles. The van der Waals surface area contributed by atoms with Crippen molar-refractivity contribution in [3.05, 3.63) is 0 Å². The van der Waals surface area contributed by atoms with Gasteiger partial charge in [-0.15, -0.1) is 12.4 Å². The maximum atomic E-state index is 12.2. The summed E-state index contributed by atoms with van der Waals surface area (Å²) in [4.78, 5) is 13.9. The van der Waals surface area contributed by atoms with Gasteiger partial charge >= 0.3 is 0 Å². The summed E-state index contributed by atoms with van der Waals surface area (Å²) >= 11 is 0. The van der Waals surface area contributed by atoms with E-state index in [0.717, 1.165) is 38.8 Å². The first-order valence-electron chi connectivity index (χ1n) is 7.87. The van der Waals surface area contributed by atoms with Crippen molar-refractivity contribution in [2.75, 3.05) is 25.4 Å². The lowest BCUT2D eigenvalue weighted by molar-refractivity contribution is -0.131. The molecule has 1 saturated carbocycles. The second-order valence-electron chi connectivity index (χ2n) is 6.47. The number of amides is 1. The van der Waals surface area contributed by atoms with E-state index in [2.05, 4.69) is 17.0 Å². The molecule has 8 heteroatoms. The number of nitrogens with one attached hydrogen (secondary N) is 2. The topological polar surface area (TPSA) is 78.5 Å². The highest BCUT2D eigenvalue weighted by Gasteiger charge is 2.29. The van der Waals surface area contributed by atoms with Gasteiger partial charge in [-0.25, -0.2) is 13.1 Å². The van der Waals surface area contributed by atoms with E-state index in [9.17, 15) is 13.2 Å². The molecule has 1 heterocycles. The molecular formula is C14H28ClN3O3S. The Kier molecular flexibility index (Phi) is 7.58. The van der Waals surface area contributed by atoms with E-state index < -0.39 is 15.8 Å². The summed E-state index contributed by atoms with van der Waals surface area (Å²) < 4.78 is 27.0. The largest absolute Gasteiger partial charge is 0.337 e. The zero-order valence-electron chi connectivity index (χ0n) is 13.4. The minimum atomic E-state index is -3.53. The Labute approximate surface area is 139 Å². The normalized spacial score (nSPS) is 29.7. The predicted molar refractivity (Wildman–Crippen MR) is 89.6 cm³/mol. The van der Waals surface area contributed by atoms with Gasteiger partial charge < -0.3 is 10.2 Å². The molecule has 130 valence electrons. The third kappa shape index (κ3) is 5.68. The van der Waals surface area contributed by atoms with E-state index in [1.807, 2.05) is 6.92 Å². The number of nitrogens with zero attached hydrogens (tertiary/aromatic N) is 1. The number of hydrogen-bond donors (Lipinski definition) is 2. The summed E-state index contributed by atoms with van der Waals surface area (Å²) in [7, 11) is -3.53. The number of hydrogen-bond acceptors (Lipinski definition) is 4. The molecular weight excluding hydrogens is 326 g/mol. The third-order valence-corrected chi connectivity index (χ3v) is 5.82. The van der Waals surface area contributed by atoms with Crippen molar-refractivity contribution in [3.63, 3.8) is 0 Å². The van der Waals surface area contributed by atoms with Crippen LogP contribution >= 0.6 is 12.4 Å². The van der Waals surface area contributed by atoms with Gasteiger partial charge in [0, 0.05) is 31.7 Å². The van der Waals surface area contributed by atoms with Crippen LogP contribution in [0.15, 0.2) is 0 Å². The van der Waals surface area contributed by atoms with Crippen molar-refractivity contribution >= 4 is 28.3 Å². The highest BCUT2D eigenvalue weighted by Crippen LogP contribution is 2.23. The van der Waals surface area contributed by atoms with E-state index in [0.29, 0.717) is 12.5 Å². The maximum absolute atomic E-state index is 12.2. The zero-order valence-corrected chi connectivity index (χ0v) is 15.0. The molecule has 0 radical (unpaired) electrons. The smallest absolute Gasteiger partial charge is 0.239 e. The fraction of sp³-hybridized carbons (Fsp3) is 0.929. The minimum absolute atomic E-state index is 0. The Balaban J connectivity index is 0.00000242. The molecule has 1 aliphatic carbocycles. The molecule has 0 aromatic carbocycles. The lowest BCUT2D eigenvalue weighted by atomic mass is 9.88. The van der Waals surface area contributed by atoms with Crippen LogP contribution in [0.25, 0.3) is 0 Å². The number of carbonyl (C=O) groups is 1. The Morgan fingerprint density at radius 2 is 1.86 bits per heavy atom. The first-order valence-corrected chi connectivity index (χ1v) is 9.53. The van der Waals surface area contributed by atoms with Crippen molar-refractivity contribution in [1.82, 2.24) is 14.9 Å². The van der Waals surface area contributed by atoms with Gasteiger partial charge in [0.05, 0.1) is 0 Å². The first-order chi connectivity index (χ1) is 9.87. The van der Waals surface area contributed by atoms with E-state index in [1.54, 1.807) is 4.90 Å². The van der Waals surface area contributed by atoms with Crippen molar-refractivity contribution in [1.29, 1.82) is 0 Å². The second kappa shape index (κ2) is 8.47. The van der Waals surface area contributed by atoms with Crippen LogP contribution in [0.5, 0.6) is 0 Å². The number of rotatable bonds is 4. The van der Waals surface area contributed by atoms with Gasteiger partial charge in [0.15, 0.2) is 0 Å². The second-order valence-corrected chi connectivity index (χ2v) is 8.23. The monoisotopic (exact) mass is 353 g/mol. The highest BCUT2D eigenvalue weighted by molar-refractivity contribution is 7.90. The first kappa shape index (κ1) is 19.7. The number of sulfonamides is 1. The van der Waals surface area contributed by atoms with Crippen LogP contribution in [0.2, 0.25) is 0 Å². The molecule has 0 aromatic rings. The maximum Gasteiger partial charge on any atom is 0.239 e. The highest BCUT2D eigenvalue weighted by atomic mass is 35.5. The molecule has 1 amide bonds. The summed E-state index contributed by atoms with van der Waals surface area (Å²) in [5.41, 5.74) is 0. The number of halogens is 1. The van der Waals surface area contributed by atoms with Crippen LogP contribution in [0, 0.1) is 5.92 Å². The quantitative estimate of drug-likeness (QED) is 0.781. The molecule has 1 aliphatic heterocycles. The van der Waals surface area contributed by atoms with E-state index in [4.69, 9.17) is 0 Å². The van der Waals surface area contributed by atoms with Gasteiger partial charge in [-0.3, -0.25) is 4.79 Å². The summed E-state index contributed by atoms with van der Waals surface area (Å²) in [5, 5.41) is 3.19. The van der Waals surface area contributed by atoms with Gasteiger partial charge in [-0.2, -0.15) is 0 Å². The van der Waals surface area contributed by atoms with Gasteiger partial charge in [0.25, 0.3) is 0 Å². The Morgan fingerprint density at radius 3 is 2.45 bits per heavy atom. The zero-order chi connectivity index (χ0) is 15.5. The van der Waals surface area contributed by atoms with E-state index in [-0.39, 0.29) is 30.4 Å². The van der Waals surface area contributed by atoms with Crippen molar-refractivity contribution in [2.45, 2.75) is 51.6 Å². The van der Waals surface area contributed by atoms with Crippen molar-refractivity contribution in [2.24, 2.45) is 5.92 Å². The average molecular weight is 354 g/mol. The molecule has 1 saturated heterocycles. The summed E-state index contributed by atoms with van der Waals surface area (Å²) in [5.74, 6) is -0.0431. The Hall–Kier alpha value is -0.370. The summed E-state index contributed by atoms with van der Waals surface area (Å²) in [6.45, 7) is 6.16. The lowest BCUT2D eigenvalue weighted by Crippen LogP contribution is -2.54. The van der Waals surface area contributed by atoms with Gasteiger partial charge in [-0.05, 0) is 38.5 Å². The SMILES string of the molecule is CC1CCC(NS(=O)(=O)CC(=O)N2CCNC[C@H]2C)CC1.Cl. The average Bonchev–Trinajstić information content (AvgIpc) is 2.41. The third-order valence-electron chi connectivity index (χ3n) is 4.50. The summed E-state index contributed by atoms with van der Waals surface area (Å²) in [6.07, 6.45) is 3.85. The van der Waals surface area contributed by atoms with Crippen LogP contribution in [-0.4, -0.2) is 56.7 Å². The molecule has 6 nitrogen and oxygen atoms in total. The van der Waals surface area contributed by atoms with E-state index in [1.165, 1.54) is 0 Å². The van der Waals surface area contributed by atoms with Crippen molar-refractivity contribution in [3.8, 4) is 0 Å². The van der Waals surface area contributed by atoms with E-state index >= 15 is 0 Å². The van der Waals surface area contributed by atoms with Crippen LogP contribution in [0.4, 0.5) is 0 Å². The fourth-order valence-electron chi connectivity index (χ4n) is 3.13. The summed E-state index contributed by atoms with van der Waals surface area (Å²) in [6, 6.07) is 0.0522. The molecule has 0 unspecified atom stereocenters. The molecule has 1 atom stereocenters. The number of carbonyl (C=O) groups excluding carboxylic acids is 1.